The standard InChI is InChI=1S/C15H18N2O4/c1-10-11(9-17(2)16-10)8-12-13(18)20-15(21-14(12)19)6-4-3-5-7-15/h8-9H,3-7H2,1-2H3. The van der Waals surface area contributed by atoms with Crippen molar-refractivity contribution in [2.75, 3.05) is 0 Å². The minimum Gasteiger partial charge on any atom is -0.419 e. The van der Waals surface area contributed by atoms with Gasteiger partial charge in [-0.1, -0.05) is 6.42 Å². The molecule has 0 unspecified atom stereocenters. The van der Waals surface area contributed by atoms with Crippen LogP contribution in [-0.2, 0) is 26.1 Å². The smallest absolute Gasteiger partial charge is 0.348 e. The fourth-order valence-electron chi connectivity index (χ4n) is 2.88. The van der Waals surface area contributed by atoms with Gasteiger partial charge in [-0.05, 0) is 25.8 Å². The van der Waals surface area contributed by atoms with Crippen molar-refractivity contribution in [2.24, 2.45) is 7.05 Å². The van der Waals surface area contributed by atoms with E-state index in [0.717, 1.165) is 25.0 Å². The van der Waals surface area contributed by atoms with Gasteiger partial charge in [0.15, 0.2) is 0 Å². The predicted molar refractivity (Wildman–Crippen MR) is 73.9 cm³/mol. The van der Waals surface area contributed by atoms with Crippen LogP contribution in [0.15, 0.2) is 11.8 Å². The summed E-state index contributed by atoms with van der Waals surface area (Å²) in [4.78, 5) is 24.4. The van der Waals surface area contributed by atoms with Crippen LogP contribution in [0.25, 0.3) is 6.08 Å². The minimum atomic E-state index is -1.03. The molecule has 0 N–H and O–H groups in total. The molecule has 1 saturated carbocycles. The van der Waals surface area contributed by atoms with Crippen LogP contribution in [-0.4, -0.2) is 27.5 Å². The van der Waals surface area contributed by atoms with Gasteiger partial charge in [0.25, 0.3) is 5.79 Å². The first-order valence-electron chi connectivity index (χ1n) is 7.18. The average molecular weight is 290 g/mol. The van der Waals surface area contributed by atoms with Gasteiger partial charge in [0, 0.05) is 31.6 Å². The zero-order chi connectivity index (χ0) is 15.0. The second kappa shape index (κ2) is 5.02. The Morgan fingerprint density at radius 1 is 1.19 bits per heavy atom. The van der Waals surface area contributed by atoms with Gasteiger partial charge in [-0.25, -0.2) is 9.59 Å². The maximum Gasteiger partial charge on any atom is 0.348 e. The SMILES string of the molecule is Cc1nn(C)cc1C=C1C(=O)OC2(CCCCC2)OC1=O. The molecule has 3 rings (SSSR count). The number of aryl methyl sites for hydroxylation is 2. The van der Waals surface area contributed by atoms with Crippen molar-refractivity contribution < 1.29 is 19.1 Å². The fourth-order valence-corrected chi connectivity index (χ4v) is 2.88. The summed E-state index contributed by atoms with van der Waals surface area (Å²) in [6.45, 7) is 1.81. The molecule has 112 valence electrons. The molecule has 1 aliphatic carbocycles. The number of aromatic nitrogens is 2. The van der Waals surface area contributed by atoms with E-state index in [1.54, 1.807) is 17.9 Å². The summed E-state index contributed by atoms with van der Waals surface area (Å²) in [5, 5.41) is 4.18. The quantitative estimate of drug-likeness (QED) is 0.448. The largest absolute Gasteiger partial charge is 0.419 e. The van der Waals surface area contributed by atoms with E-state index >= 15 is 0 Å². The molecule has 6 nitrogen and oxygen atoms in total. The van der Waals surface area contributed by atoms with Crippen LogP contribution >= 0.6 is 0 Å². The van der Waals surface area contributed by atoms with Crippen molar-refractivity contribution in [2.45, 2.75) is 44.8 Å². The van der Waals surface area contributed by atoms with Gasteiger partial charge < -0.3 is 9.47 Å². The van der Waals surface area contributed by atoms with Crippen molar-refractivity contribution >= 4 is 18.0 Å². The van der Waals surface area contributed by atoms with E-state index in [2.05, 4.69) is 5.10 Å². The molecular formula is C15H18N2O4. The summed E-state index contributed by atoms with van der Waals surface area (Å²) in [5.74, 6) is -2.24. The van der Waals surface area contributed by atoms with Crippen LogP contribution in [0.1, 0.15) is 43.4 Å². The summed E-state index contributed by atoms with van der Waals surface area (Å²) >= 11 is 0. The topological polar surface area (TPSA) is 70.4 Å². The Labute approximate surface area is 122 Å². The fraction of sp³-hybridized carbons (Fsp3) is 0.533. The van der Waals surface area contributed by atoms with Crippen molar-refractivity contribution in [3.8, 4) is 0 Å². The number of carbonyl (C=O) groups excluding carboxylic acids is 2. The number of nitrogens with zero attached hydrogens (tertiary/aromatic N) is 2. The first-order chi connectivity index (χ1) is 9.99. The molecule has 0 atom stereocenters. The molecule has 6 heteroatoms. The number of hydrogen-bond acceptors (Lipinski definition) is 5. The third-order valence-corrected chi connectivity index (χ3v) is 3.96. The summed E-state index contributed by atoms with van der Waals surface area (Å²) in [5.41, 5.74) is 1.38. The Bertz CT molecular complexity index is 602. The van der Waals surface area contributed by atoms with E-state index in [1.165, 1.54) is 6.08 Å². The summed E-state index contributed by atoms with van der Waals surface area (Å²) in [6, 6.07) is 0. The molecule has 1 spiro atoms. The number of rotatable bonds is 1. The lowest BCUT2D eigenvalue weighted by Crippen LogP contribution is -2.47. The molecule has 1 aliphatic heterocycles. The van der Waals surface area contributed by atoms with E-state index < -0.39 is 17.7 Å². The van der Waals surface area contributed by atoms with E-state index in [-0.39, 0.29) is 5.57 Å². The van der Waals surface area contributed by atoms with Crippen LogP contribution in [0.2, 0.25) is 0 Å². The normalized spacial score (nSPS) is 21.1. The van der Waals surface area contributed by atoms with Gasteiger partial charge in [-0.3, -0.25) is 4.68 Å². The van der Waals surface area contributed by atoms with Crippen LogP contribution in [0.3, 0.4) is 0 Å². The number of esters is 2. The molecule has 0 bridgehead atoms. The Morgan fingerprint density at radius 3 is 2.33 bits per heavy atom. The molecule has 2 heterocycles. The lowest BCUT2D eigenvalue weighted by atomic mass is 9.93. The molecular weight excluding hydrogens is 272 g/mol. The lowest BCUT2D eigenvalue weighted by molar-refractivity contribution is -0.244. The highest BCUT2D eigenvalue weighted by Crippen LogP contribution is 2.37. The van der Waals surface area contributed by atoms with Gasteiger partial charge in [-0.2, -0.15) is 5.10 Å². The van der Waals surface area contributed by atoms with Gasteiger partial charge in [-0.15, -0.1) is 0 Å². The number of carbonyl (C=O) groups is 2. The maximum atomic E-state index is 12.2. The summed E-state index contributed by atoms with van der Waals surface area (Å²) < 4.78 is 12.5. The highest BCUT2D eigenvalue weighted by atomic mass is 16.7. The molecule has 1 aromatic heterocycles. The van der Waals surface area contributed by atoms with Crippen molar-refractivity contribution in [3.63, 3.8) is 0 Å². The van der Waals surface area contributed by atoms with Gasteiger partial charge in [0.1, 0.15) is 5.57 Å². The van der Waals surface area contributed by atoms with Crippen molar-refractivity contribution in [1.82, 2.24) is 9.78 Å². The Balaban J connectivity index is 1.87. The second-order valence-corrected chi connectivity index (χ2v) is 5.65. The second-order valence-electron chi connectivity index (χ2n) is 5.65. The van der Waals surface area contributed by atoms with Gasteiger partial charge in [0.2, 0.25) is 0 Å². The predicted octanol–water partition coefficient (Wildman–Crippen LogP) is 1.87. The highest BCUT2D eigenvalue weighted by Gasteiger charge is 2.46. The Hall–Kier alpha value is -2.11. The molecule has 1 saturated heterocycles. The average Bonchev–Trinajstić information content (AvgIpc) is 2.73. The number of ether oxygens (including phenoxy) is 2. The molecule has 0 amide bonds. The number of hydrogen-bond donors (Lipinski definition) is 0. The first-order valence-corrected chi connectivity index (χ1v) is 7.18. The Kier molecular flexibility index (Phi) is 3.31. The Morgan fingerprint density at radius 2 is 1.81 bits per heavy atom. The first kappa shape index (κ1) is 13.9. The lowest BCUT2D eigenvalue weighted by Gasteiger charge is -2.38. The van der Waals surface area contributed by atoms with E-state index in [0.29, 0.717) is 18.4 Å². The summed E-state index contributed by atoms with van der Waals surface area (Å²) in [6.07, 6.45) is 7.29. The van der Waals surface area contributed by atoms with Crippen LogP contribution in [0, 0.1) is 6.92 Å². The highest BCUT2D eigenvalue weighted by molar-refractivity contribution is 6.18. The molecule has 2 fully saturated rings. The van der Waals surface area contributed by atoms with Gasteiger partial charge >= 0.3 is 11.9 Å². The molecule has 21 heavy (non-hydrogen) atoms. The van der Waals surface area contributed by atoms with Gasteiger partial charge in [0.05, 0.1) is 5.69 Å². The monoisotopic (exact) mass is 290 g/mol. The molecule has 0 aromatic carbocycles. The maximum absolute atomic E-state index is 12.2. The molecule has 2 aliphatic rings. The van der Waals surface area contributed by atoms with Crippen molar-refractivity contribution in [3.05, 3.63) is 23.0 Å². The van der Waals surface area contributed by atoms with E-state index in [4.69, 9.17) is 9.47 Å². The third kappa shape index (κ3) is 2.57. The van der Waals surface area contributed by atoms with Crippen LogP contribution in [0.5, 0.6) is 0 Å². The van der Waals surface area contributed by atoms with E-state index in [1.807, 2.05) is 6.92 Å². The van der Waals surface area contributed by atoms with Crippen LogP contribution in [0.4, 0.5) is 0 Å². The van der Waals surface area contributed by atoms with E-state index in [9.17, 15) is 9.59 Å². The minimum absolute atomic E-state index is 0.0673. The zero-order valence-corrected chi connectivity index (χ0v) is 12.2. The summed E-state index contributed by atoms with van der Waals surface area (Å²) in [7, 11) is 1.78. The zero-order valence-electron chi connectivity index (χ0n) is 12.2. The molecule has 1 aromatic rings. The van der Waals surface area contributed by atoms with Crippen molar-refractivity contribution in [1.29, 1.82) is 0 Å². The van der Waals surface area contributed by atoms with Crippen LogP contribution < -0.4 is 0 Å². The molecule has 0 radical (unpaired) electrons. The third-order valence-electron chi connectivity index (χ3n) is 3.96.